The smallest absolute Gasteiger partial charge is 0.311 e. The van der Waals surface area contributed by atoms with Crippen LogP contribution in [0.4, 0.5) is 5.69 Å². The maximum absolute atomic E-state index is 12.0. The summed E-state index contributed by atoms with van der Waals surface area (Å²) in [7, 11) is 0. The van der Waals surface area contributed by atoms with Gasteiger partial charge in [0.2, 0.25) is 0 Å². The summed E-state index contributed by atoms with van der Waals surface area (Å²) in [5.41, 5.74) is -0.342. The molecule has 1 aromatic carbocycles. The van der Waals surface area contributed by atoms with Gasteiger partial charge in [0.15, 0.2) is 5.75 Å². The van der Waals surface area contributed by atoms with Gasteiger partial charge in [-0.25, -0.2) is 0 Å². The topological polar surface area (TPSA) is 102 Å². The minimum atomic E-state index is -0.723. The normalized spacial score (nSPS) is 20.9. The summed E-state index contributed by atoms with van der Waals surface area (Å²) in [6, 6.07) is 3.56. The molecule has 2 N–H and O–H groups in total. The molecule has 0 radical (unpaired) electrons. The number of amides is 1. The molecule has 1 saturated carbocycles. The molecule has 0 saturated heterocycles. The minimum absolute atomic E-state index is 0.139. The molecule has 1 aliphatic carbocycles. The van der Waals surface area contributed by atoms with E-state index >= 15 is 0 Å². The molecule has 0 unspecified atom stereocenters. The molecule has 1 amide bonds. The van der Waals surface area contributed by atoms with Crippen molar-refractivity contribution in [3.8, 4) is 5.75 Å². The summed E-state index contributed by atoms with van der Waals surface area (Å²) >= 11 is 0. The van der Waals surface area contributed by atoms with Crippen molar-refractivity contribution in [1.29, 1.82) is 0 Å². The first kappa shape index (κ1) is 17.2. The Hall–Kier alpha value is -2.15. The highest BCUT2D eigenvalue weighted by atomic mass is 16.6. The number of nitro groups is 1. The molecule has 0 heterocycles. The van der Waals surface area contributed by atoms with Crippen molar-refractivity contribution in [1.82, 2.24) is 5.32 Å². The van der Waals surface area contributed by atoms with Gasteiger partial charge in [0.05, 0.1) is 17.6 Å². The Bertz CT molecular complexity index is 576. The van der Waals surface area contributed by atoms with E-state index in [4.69, 9.17) is 4.74 Å². The molecule has 1 aromatic rings. The molecule has 2 atom stereocenters. The van der Waals surface area contributed by atoms with E-state index in [0.29, 0.717) is 19.1 Å². The molecule has 7 nitrogen and oxygen atoms in total. The fourth-order valence-electron chi connectivity index (χ4n) is 2.82. The second kappa shape index (κ2) is 7.92. The second-order valence-electron chi connectivity index (χ2n) is 5.89. The SMILES string of the molecule is C[C@H]1CCCC[C@@H]1OCCNC(=O)c1ccc(O)c([N+](=O)[O-])c1. The first-order chi connectivity index (χ1) is 11.0. The third-order valence-corrected chi connectivity index (χ3v) is 4.19. The highest BCUT2D eigenvalue weighted by Gasteiger charge is 2.21. The number of carbonyl (C=O) groups is 1. The molecule has 1 aliphatic rings. The van der Waals surface area contributed by atoms with Crippen molar-refractivity contribution in [2.45, 2.75) is 38.7 Å². The van der Waals surface area contributed by atoms with Gasteiger partial charge in [-0.15, -0.1) is 0 Å². The van der Waals surface area contributed by atoms with E-state index in [-0.39, 0.29) is 11.7 Å². The number of nitrogens with zero attached hydrogens (tertiary/aromatic N) is 1. The van der Waals surface area contributed by atoms with Crippen molar-refractivity contribution in [2.24, 2.45) is 5.92 Å². The van der Waals surface area contributed by atoms with Gasteiger partial charge in [-0.3, -0.25) is 14.9 Å². The van der Waals surface area contributed by atoms with Crippen LogP contribution in [0.5, 0.6) is 5.75 Å². The lowest BCUT2D eigenvalue weighted by Crippen LogP contribution is -2.31. The van der Waals surface area contributed by atoms with Crippen LogP contribution in [0.3, 0.4) is 0 Å². The highest BCUT2D eigenvalue weighted by Crippen LogP contribution is 2.27. The van der Waals surface area contributed by atoms with Crippen LogP contribution in [0.15, 0.2) is 18.2 Å². The fraction of sp³-hybridized carbons (Fsp3) is 0.562. The largest absolute Gasteiger partial charge is 0.502 e. The number of nitro benzene ring substituents is 1. The number of phenols is 1. The van der Waals surface area contributed by atoms with Crippen LogP contribution in [0.2, 0.25) is 0 Å². The van der Waals surface area contributed by atoms with E-state index in [2.05, 4.69) is 12.2 Å². The number of hydrogen-bond acceptors (Lipinski definition) is 5. The van der Waals surface area contributed by atoms with Gasteiger partial charge in [0.25, 0.3) is 5.91 Å². The molecule has 126 valence electrons. The molecule has 0 spiro atoms. The van der Waals surface area contributed by atoms with Gasteiger partial charge < -0.3 is 15.2 Å². The lowest BCUT2D eigenvalue weighted by atomic mass is 9.88. The average Bonchev–Trinajstić information content (AvgIpc) is 2.53. The molecule has 0 aliphatic heterocycles. The van der Waals surface area contributed by atoms with E-state index in [1.54, 1.807) is 0 Å². The summed E-state index contributed by atoms with van der Waals surface area (Å²) < 4.78 is 5.80. The Morgan fingerprint density at radius 1 is 1.43 bits per heavy atom. The second-order valence-corrected chi connectivity index (χ2v) is 5.89. The van der Waals surface area contributed by atoms with E-state index < -0.39 is 22.3 Å². The van der Waals surface area contributed by atoms with Crippen molar-refractivity contribution >= 4 is 11.6 Å². The lowest BCUT2D eigenvalue weighted by Gasteiger charge is -2.28. The third-order valence-electron chi connectivity index (χ3n) is 4.19. The minimum Gasteiger partial charge on any atom is -0.502 e. The number of rotatable bonds is 6. The number of ether oxygens (including phenoxy) is 1. The first-order valence-corrected chi connectivity index (χ1v) is 7.86. The third kappa shape index (κ3) is 4.66. The Balaban J connectivity index is 1.81. The first-order valence-electron chi connectivity index (χ1n) is 7.86. The summed E-state index contributed by atoms with van der Waals surface area (Å²) in [6.07, 6.45) is 4.90. The summed E-state index contributed by atoms with van der Waals surface area (Å²) in [5.74, 6) is -0.339. The van der Waals surface area contributed by atoms with E-state index in [9.17, 15) is 20.0 Å². The van der Waals surface area contributed by atoms with Gasteiger partial charge in [-0.1, -0.05) is 19.8 Å². The Kier molecular flexibility index (Phi) is 5.92. The van der Waals surface area contributed by atoms with Crippen LogP contribution in [0.25, 0.3) is 0 Å². The predicted octanol–water partition coefficient (Wildman–Crippen LogP) is 2.63. The molecule has 2 rings (SSSR count). The van der Waals surface area contributed by atoms with Crippen LogP contribution >= 0.6 is 0 Å². The average molecular weight is 322 g/mol. The van der Waals surface area contributed by atoms with Gasteiger partial charge in [0, 0.05) is 18.2 Å². The van der Waals surface area contributed by atoms with Crippen LogP contribution in [-0.4, -0.2) is 35.2 Å². The number of aromatic hydroxyl groups is 1. The van der Waals surface area contributed by atoms with Gasteiger partial charge in [-0.05, 0) is 30.9 Å². The quantitative estimate of drug-likeness (QED) is 0.476. The Morgan fingerprint density at radius 2 is 2.17 bits per heavy atom. The molecular weight excluding hydrogens is 300 g/mol. The maximum Gasteiger partial charge on any atom is 0.311 e. The van der Waals surface area contributed by atoms with Crippen LogP contribution in [0.1, 0.15) is 43.0 Å². The number of benzene rings is 1. The van der Waals surface area contributed by atoms with Gasteiger partial charge >= 0.3 is 5.69 Å². The number of nitrogens with one attached hydrogen (secondary N) is 1. The number of hydrogen-bond donors (Lipinski definition) is 2. The van der Waals surface area contributed by atoms with Gasteiger partial charge in [-0.2, -0.15) is 0 Å². The zero-order valence-electron chi connectivity index (χ0n) is 13.2. The zero-order chi connectivity index (χ0) is 16.8. The van der Waals surface area contributed by atoms with Crippen LogP contribution in [-0.2, 0) is 4.74 Å². The summed E-state index contributed by atoms with van der Waals surface area (Å²) in [4.78, 5) is 22.0. The molecule has 0 bridgehead atoms. The molecule has 23 heavy (non-hydrogen) atoms. The zero-order valence-corrected chi connectivity index (χ0v) is 13.2. The monoisotopic (exact) mass is 322 g/mol. The molecule has 7 heteroatoms. The van der Waals surface area contributed by atoms with Crippen molar-refractivity contribution < 1.29 is 19.6 Å². The van der Waals surface area contributed by atoms with Crippen molar-refractivity contribution in [3.05, 3.63) is 33.9 Å². The predicted molar refractivity (Wildman–Crippen MR) is 84.5 cm³/mol. The van der Waals surface area contributed by atoms with E-state index in [1.165, 1.54) is 25.3 Å². The lowest BCUT2D eigenvalue weighted by molar-refractivity contribution is -0.385. The summed E-state index contributed by atoms with van der Waals surface area (Å²) in [5, 5.41) is 22.8. The fourth-order valence-corrected chi connectivity index (χ4v) is 2.82. The molecule has 1 fully saturated rings. The Morgan fingerprint density at radius 3 is 2.87 bits per heavy atom. The van der Waals surface area contributed by atoms with Crippen molar-refractivity contribution in [3.63, 3.8) is 0 Å². The number of carbonyl (C=O) groups excluding carboxylic acids is 1. The van der Waals surface area contributed by atoms with E-state index in [1.807, 2.05) is 0 Å². The van der Waals surface area contributed by atoms with Crippen LogP contribution < -0.4 is 5.32 Å². The highest BCUT2D eigenvalue weighted by molar-refractivity contribution is 5.95. The van der Waals surface area contributed by atoms with Crippen LogP contribution in [0, 0.1) is 16.0 Å². The maximum atomic E-state index is 12.0. The molecular formula is C16H22N2O5. The van der Waals surface area contributed by atoms with E-state index in [0.717, 1.165) is 18.6 Å². The standard InChI is InChI=1S/C16H22N2O5/c1-11-4-2-3-5-15(11)23-9-8-17-16(20)12-6-7-14(19)13(10-12)18(21)22/h6-7,10-11,15,19H,2-5,8-9H2,1H3,(H,17,20)/t11-,15-/m0/s1. The number of phenolic OH excluding ortho intramolecular Hbond substituents is 1. The van der Waals surface area contributed by atoms with Gasteiger partial charge in [0.1, 0.15) is 0 Å². The molecule has 0 aromatic heterocycles. The van der Waals surface area contributed by atoms with Crippen molar-refractivity contribution in [2.75, 3.05) is 13.2 Å². The Labute approximate surface area is 134 Å². The summed E-state index contributed by atoms with van der Waals surface area (Å²) in [6.45, 7) is 2.94.